The Morgan fingerprint density at radius 3 is 2.74 bits per heavy atom. The number of nitrogens with one attached hydrogen (secondary N) is 2. The van der Waals surface area contributed by atoms with Gasteiger partial charge in [-0.25, -0.2) is 15.0 Å². The number of carbonyl (C=O) groups excluding carboxylic acids is 1. The summed E-state index contributed by atoms with van der Waals surface area (Å²) in [6, 6.07) is 22.9. The number of amides is 1. The lowest BCUT2D eigenvalue weighted by Crippen LogP contribution is -2.36. The van der Waals surface area contributed by atoms with Crippen LogP contribution >= 0.6 is 11.8 Å². The molecule has 0 fully saturated rings. The van der Waals surface area contributed by atoms with Crippen molar-refractivity contribution in [1.82, 2.24) is 10.4 Å². The van der Waals surface area contributed by atoms with Crippen LogP contribution in [0.4, 0.5) is 0 Å². The second-order valence-electron chi connectivity index (χ2n) is 7.17. The third-order valence-corrected chi connectivity index (χ3v) is 5.75. The monoisotopic (exact) mass is 430 g/mol. The second-order valence-corrected chi connectivity index (χ2v) is 8.14. The fraction of sp³-hybridized carbons (Fsp3) is 0.125. The highest BCUT2D eigenvalue weighted by atomic mass is 32.2. The number of hydrogen-bond donors (Lipinski definition) is 2. The molecule has 1 amide bonds. The van der Waals surface area contributed by atoms with Crippen LogP contribution in [0.1, 0.15) is 16.7 Å². The molecule has 0 aliphatic heterocycles. The summed E-state index contributed by atoms with van der Waals surface area (Å²) < 4.78 is 2.18. The highest BCUT2D eigenvalue weighted by Gasteiger charge is 2.20. The zero-order chi connectivity index (χ0) is 21.6. The predicted octanol–water partition coefficient (Wildman–Crippen LogP) is 3.13. The molecule has 6 nitrogen and oxygen atoms in total. The van der Waals surface area contributed by atoms with Crippen molar-refractivity contribution < 1.29 is 14.5 Å². The Kier molecular flexibility index (Phi) is 6.33. The molecule has 4 aromatic rings. The second kappa shape index (κ2) is 9.49. The number of fused-ring (bicyclic) bond motifs is 1. The normalized spacial score (nSPS) is 11.3. The average molecular weight is 431 g/mol. The number of para-hydroxylation sites is 2. The molecule has 156 valence electrons. The summed E-state index contributed by atoms with van der Waals surface area (Å²) in [5.41, 5.74) is 7.68. The minimum absolute atomic E-state index is 0.0947. The number of thioether (sulfide) groups is 1. The number of nitrogens with zero attached hydrogens (tertiary/aromatic N) is 2. The Morgan fingerprint density at radius 1 is 1.13 bits per heavy atom. The van der Waals surface area contributed by atoms with Gasteiger partial charge in [0, 0.05) is 0 Å². The van der Waals surface area contributed by atoms with Gasteiger partial charge in [-0.1, -0.05) is 66.2 Å². The Bertz CT molecular complexity index is 1230. The minimum Gasteiger partial charge on any atom is -0.872 e. The summed E-state index contributed by atoms with van der Waals surface area (Å²) >= 11 is 1.42. The van der Waals surface area contributed by atoms with Crippen LogP contribution in [0.2, 0.25) is 0 Å². The van der Waals surface area contributed by atoms with E-state index in [0.29, 0.717) is 12.1 Å². The minimum atomic E-state index is -0.222. The number of benzene rings is 3. The molecule has 0 aliphatic carbocycles. The van der Waals surface area contributed by atoms with Gasteiger partial charge in [-0.05, 0) is 41.9 Å². The molecule has 1 heterocycles. The first-order chi connectivity index (χ1) is 15.1. The molecular formula is C24H22N4O2S. The maximum Gasteiger partial charge on any atom is 0.317 e. The van der Waals surface area contributed by atoms with Crippen LogP contribution in [0.25, 0.3) is 11.0 Å². The largest absolute Gasteiger partial charge is 0.872 e. The molecule has 1 aromatic heterocycles. The molecule has 0 saturated carbocycles. The van der Waals surface area contributed by atoms with Gasteiger partial charge in [0.05, 0.1) is 12.0 Å². The third-order valence-electron chi connectivity index (χ3n) is 4.74. The fourth-order valence-corrected chi connectivity index (χ4v) is 4.03. The first-order valence-corrected chi connectivity index (χ1v) is 10.8. The van der Waals surface area contributed by atoms with Gasteiger partial charge < -0.3 is 5.11 Å². The SMILES string of the molecule is Cc1ccc(C[n+]2c(SCC(=O)N/N=C/c3cccc([O-])c3)[nH]c3ccccc32)cc1. The lowest BCUT2D eigenvalue weighted by Gasteiger charge is -2.04. The van der Waals surface area contributed by atoms with E-state index < -0.39 is 0 Å². The van der Waals surface area contributed by atoms with E-state index in [9.17, 15) is 9.90 Å². The maximum atomic E-state index is 12.3. The Labute approximate surface area is 184 Å². The summed E-state index contributed by atoms with van der Waals surface area (Å²) in [7, 11) is 0. The summed E-state index contributed by atoms with van der Waals surface area (Å²) in [6.45, 7) is 2.78. The molecular weight excluding hydrogens is 408 g/mol. The Hall–Kier alpha value is -3.58. The highest BCUT2D eigenvalue weighted by Crippen LogP contribution is 2.18. The summed E-state index contributed by atoms with van der Waals surface area (Å²) in [5.74, 6) is -0.109. The van der Waals surface area contributed by atoms with E-state index in [1.807, 2.05) is 18.2 Å². The standard InChI is InChI=1S/C24H22N4O2S/c1-17-9-11-18(12-10-17)15-28-22-8-3-2-7-21(22)26-24(28)31-16-23(30)27-25-14-19-5-4-6-20(29)13-19/h2-14H,15-16H2,1H3,(H2,27,29,30)/b25-14+. The molecule has 3 aromatic carbocycles. The van der Waals surface area contributed by atoms with E-state index in [4.69, 9.17) is 0 Å². The molecule has 0 unspecified atom stereocenters. The van der Waals surface area contributed by atoms with E-state index in [1.165, 1.54) is 41.2 Å². The number of H-pyrrole nitrogens is 1. The molecule has 4 rings (SSSR count). The van der Waals surface area contributed by atoms with E-state index in [2.05, 4.69) is 57.3 Å². The lowest BCUT2D eigenvalue weighted by molar-refractivity contribution is -0.700. The predicted molar refractivity (Wildman–Crippen MR) is 121 cm³/mol. The van der Waals surface area contributed by atoms with Gasteiger partial charge in [0.1, 0.15) is 6.54 Å². The van der Waals surface area contributed by atoms with Gasteiger partial charge in [0.2, 0.25) is 0 Å². The Balaban J connectivity index is 1.45. The Morgan fingerprint density at radius 2 is 1.94 bits per heavy atom. The van der Waals surface area contributed by atoms with Gasteiger partial charge in [0.25, 0.3) is 5.91 Å². The van der Waals surface area contributed by atoms with Crippen LogP contribution in [0.3, 0.4) is 0 Å². The topological polar surface area (TPSA) is 84.2 Å². The van der Waals surface area contributed by atoms with Crippen molar-refractivity contribution in [3.63, 3.8) is 0 Å². The van der Waals surface area contributed by atoms with Gasteiger partial charge in [-0.2, -0.15) is 5.10 Å². The van der Waals surface area contributed by atoms with Gasteiger partial charge in [-0.3, -0.25) is 4.79 Å². The maximum absolute atomic E-state index is 12.3. The van der Waals surface area contributed by atoms with Crippen molar-refractivity contribution in [2.24, 2.45) is 5.10 Å². The highest BCUT2D eigenvalue weighted by molar-refractivity contribution is 7.99. The number of hydrogen-bond acceptors (Lipinski definition) is 4. The summed E-state index contributed by atoms with van der Waals surface area (Å²) in [4.78, 5) is 15.7. The van der Waals surface area contributed by atoms with Crippen LogP contribution in [-0.4, -0.2) is 22.9 Å². The molecule has 0 bridgehead atoms. The van der Waals surface area contributed by atoms with Gasteiger partial charge in [0.15, 0.2) is 11.0 Å². The van der Waals surface area contributed by atoms with Gasteiger partial charge >= 0.3 is 5.16 Å². The van der Waals surface area contributed by atoms with Crippen molar-refractivity contribution >= 4 is 34.9 Å². The average Bonchev–Trinajstić information content (AvgIpc) is 3.11. The van der Waals surface area contributed by atoms with Crippen molar-refractivity contribution in [3.05, 3.63) is 89.5 Å². The zero-order valence-corrected chi connectivity index (χ0v) is 17.9. The van der Waals surface area contributed by atoms with Crippen molar-refractivity contribution in [1.29, 1.82) is 0 Å². The number of aromatic amines is 1. The summed E-state index contributed by atoms with van der Waals surface area (Å²) in [5, 5.41) is 16.2. The quantitative estimate of drug-likeness (QED) is 0.204. The van der Waals surface area contributed by atoms with Crippen molar-refractivity contribution in [2.45, 2.75) is 18.6 Å². The molecule has 31 heavy (non-hydrogen) atoms. The van der Waals surface area contributed by atoms with Crippen LogP contribution < -0.4 is 15.1 Å². The molecule has 0 atom stereocenters. The summed E-state index contributed by atoms with van der Waals surface area (Å²) in [6.07, 6.45) is 1.46. The first-order valence-electron chi connectivity index (χ1n) is 9.86. The van der Waals surface area contributed by atoms with E-state index in [1.54, 1.807) is 12.1 Å². The number of aryl methyl sites for hydroxylation is 1. The van der Waals surface area contributed by atoms with Crippen molar-refractivity contribution in [3.8, 4) is 5.75 Å². The first kappa shape index (κ1) is 20.7. The van der Waals surface area contributed by atoms with Crippen LogP contribution in [0, 0.1) is 6.92 Å². The number of rotatable bonds is 7. The zero-order valence-electron chi connectivity index (χ0n) is 17.0. The molecule has 0 spiro atoms. The third kappa shape index (κ3) is 5.32. The fourth-order valence-electron chi connectivity index (χ4n) is 3.19. The van der Waals surface area contributed by atoms with Crippen molar-refractivity contribution in [2.75, 3.05) is 5.75 Å². The molecule has 0 radical (unpaired) electrons. The van der Waals surface area contributed by atoms with E-state index in [0.717, 1.165) is 16.2 Å². The molecule has 7 heteroatoms. The molecule has 0 saturated heterocycles. The lowest BCUT2D eigenvalue weighted by atomic mass is 10.1. The van der Waals surface area contributed by atoms with Gasteiger partial charge in [-0.15, -0.1) is 5.75 Å². The van der Waals surface area contributed by atoms with E-state index >= 15 is 0 Å². The van der Waals surface area contributed by atoms with Crippen LogP contribution in [0.5, 0.6) is 5.75 Å². The van der Waals surface area contributed by atoms with Crippen LogP contribution in [-0.2, 0) is 11.3 Å². The molecule has 2 N–H and O–H groups in total. The number of imidazole rings is 1. The smallest absolute Gasteiger partial charge is 0.317 e. The number of aromatic nitrogens is 2. The number of carbonyl (C=O) groups is 1. The van der Waals surface area contributed by atoms with Crippen LogP contribution in [0.15, 0.2) is 83.1 Å². The molecule has 0 aliphatic rings. The number of hydrazone groups is 1. The van der Waals surface area contributed by atoms with E-state index in [-0.39, 0.29) is 17.4 Å².